The molecule has 0 saturated carbocycles. The van der Waals surface area contributed by atoms with Gasteiger partial charge in [-0.1, -0.05) is 13.8 Å². The average molecular weight is 464 g/mol. The standard InChI is InChI=1S/C23H30FN3O4S/c1-4-27(5-2)32(29,30)22-14-18(6-11-21(22)31-3)23(28)25-15-17-12-13-26(16-17)20-9-7-19(24)8-10-20/h6-11,14,17H,4-5,12-13,15-16H2,1-3H3,(H,25,28)/t17-/m0/s1. The van der Waals surface area contributed by atoms with E-state index >= 15 is 0 Å². The van der Waals surface area contributed by atoms with Gasteiger partial charge in [-0.2, -0.15) is 4.31 Å². The number of halogens is 1. The molecule has 2 aromatic rings. The zero-order chi connectivity index (χ0) is 23.3. The molecule has 3 rings (SSSR count). The first-order valence-electron chi connectivity index (χ1n) is 10.8. The van der Waals surface area contributed by atoms with Gasteiger partial charge in [-0.15, -0.1) is 0 Å². The van der Waals surface area contributed by atoms with Crippen molar-refractivity contribution in [2.24, 2.45) is 5.92 Å². The largest absolute Gasteiger partial charge is 0.495 e. The van der Waals surface area contributed by atoms with Crippen LogP contribution in [0.3, 0.4) is 0 Å². The number of nitrogens with zero attached hydrogens (tertiary/aromatic N) is 2. The second kappa shape index (κ2) is 10.3. The summed E-state index contributed by atoms with van der Waals surface area (Å²) in [7, 11) is -2.37. The molecule has 1 atom stereocenters. The predicted octanol–water partition coefficient (Wildman–Crippen LogP) is 3.12. The number of amides is 1. The van der Waals surface area contributed by atoms with Crippen LogP contribution in [0.5, 0.6) is 5.75 Å². The Balaban J connectivity index is 1.67. The predicted molar refractivity (Wildman–Crippen MR) is 122 cm³/mol. The Morgan fingerprint density at radius 1 is 1.19 bits per heavy atom. The van der Waals surface area contributed by atoms with Crippen molar-refractivity contribution < 1.29 is 22.3 Å². The number of anilines is 1. The summed E-state index contributed by atoms with van der Waals surface area (Å²) in [4.78, 5) is 14.9. The van der Waals surface area contributed by atoms with Crippen molar-refractivity contribution in [3.8, 4) is 5.75 Å². The zero-order valence-electron chi connectivity index (χ0n) is 18.7. The van der Waals surface area contributed by atoms with E-state index in [-0.39, 0.29) is 33.9 Å². The first-order chi connectivity index (χ1) is 15.3. The highest BCUT2D eigenvalue weighted by atomic mass is 32.2. The Morgan fingerprint density at radius 2 is 1.88 bits per heavy atom. The molecular weight excluding hydrogens is 433 g/mol. The lowest BCUT2D eigenvalue weighted by Gasteiger charge is -2.20. The molecule has 174 valence electrons. The number of sulfonamides is 1. The van der Waals surface area contributed by atoms with Crippen molar-refractivity contribution in [2.45, 2.75) is 25.2 Å². The monoisotopic (exact) mass is 463 g/mol. The first kappa shape index (κ1) is 24.0. The Hall–Kier alpha value is -2.65. The van der Waals surface area contributed by atoms with Gasteiger partial charge in [0.15, 0.2) is 0 Å². The fourth-order valence-electron chi connectivity index (χ4n) is 3.95. The summed E-state index contributed by atoms with van der Waals surface area (Å²) in [5.74, 6) is -0.136. The second-order valence-electron chi connectivity index (χ2n) is 7.74. The van der Waals surface area contributed by atoms with E-state index in [0.29, 0.717) is 19.6 Å². The fraction of sp³-hybridized carbons (Fsp3) is 0.435. The summed E-state index contributed by atoms with van der Waals surface area (Å²) < 4.78 is 45.7. The molecule has 0 unspecified atom stereocenters. The molecule has 32 heavy (non-hydrogen) atoms. The van der Waals surface area contributed by atoms with E-state index < -0.39 is 10.0 Å². The van der Waals surface area contributed by atoms with Crippen LogP contribution in [0.2, 0.25) is 0 Å². The highest BCUT2D eigenvalue weighted by molar-refractivity contribution is 7.89. The molecule has 1 aliphatic rings. The molecule has 1 aliphatic heterocycles. The van der Waals surface area contributed by atoms with Gasteiger partial charge in [-0.05, 0) is 54.8 Å². The molecule has 1 heterocycles. The van der Waals surface area contributed by atoms with Crippen molar-refractivity contribution in [1.82, 2.24) is 9.62 Å². The van der Waals surface area contributed by atoms with Crippen LogP contribution in [-0.2, 0) is 10.0 Å². The van der Waals surface area contributed by atoms with E-state index in [2.05, 4.69) is 10.2 Å². The summed E-state index contributed by atoms with van der Waals surface area (Å²) in [5.41, 5.74) is 1.23. The van der Waals surface area contributed by atoms with Crippen molar-refractivity contribution >= 4 is 21.6 Å². The number of hydrogen-bond acceptors (Lipinski definition) is 5. The van der Waals surface area contributed by atoms with E-state index in [1.165, 1.54) is 35.7 Å². The Bertz CT molecular complexity index is 1040. The number of nitrogens with one attached hydrogen (secondary N) is 1. The summed E-state index contributed by atoms with van der Waals surface area (Å²) in [5, 5.41) is 2.92. The van der Waals surface area contributed by atoms with Crippen LogP contribution >= 0.6 is 0 Å². The third-order valence-corrected chi connectivity index (χ3v) is 7.85. The average Bonchev–Trinajstić information content (AvgIpc) is 3.27. The van der Waals surface area contributed by atoms with Crippen LogP contribution in [0.15, 0.2) is 47.4 Å². The zero-order valence-corrected chi connectivity index (χ0v) is 19.5. The number of hydrogen-bond donors (Lipinski definition) is 1. The minimum absolute atomic E-state index is 0.0142. The number of methoxy groups -OCH3 is 1. The maximum atomic E-state index is 13.1. The third-order valence-electron chi connectivity index (χ3n) is 5.78. The van der Waals surface area contributed by atoms with E-state index in [4.69, 9.17) is 4.74 Å². The van der Waals surface area contributed by atoms with Gasteiger partial charge >= 0.3 is 0 Å². The van der Waals surface area contributed by atoms with Crippen LogP contribution in [0, 0.1) is 11.7 Å². The summed E-state index contributed by atoms with van der Waals surface area (Å²) >= 11 is 0. The molecule has 1 fully saturated rings. The van der Waals surface area contributed by atoms with Crippen molar-refractivity contribution in [3.63, 3.8) is 0 Å². The fourth-order valence-corrected chi connectivity index (χ4v) is 5.59. The van der Waals surface area contributed by atoms with E-state index in [0.717, 1.165) is 25.2 Å². The van der Waals surface area contributed by atoms with Crippen LogP contribution in [0.25, 0.3) is 0 Å². The lowest BCUT2D eigenvalue weighted by atomic mass is 10.1. The summed E-state index contributed by atoms with van der Waals surface area (Å²) in [6.07, 6.45) is 0.905. The SMILES string of the molecule is CCN(CC)S(=O)(=O)c1cc(C(=O)NC[C@@H]2CCN(c3ccc(F)cc3)C2)ccc1OC. The highest BCUT2D eigenvalue weighted by Crippen LogP contribution is 2.28. The van der Waals surface area contributed by atoms with E-state index in [1.807, 2.05) is 0 Å². The highest BCUT2D eigenvalue weighted by Gasteiger charge is 2.27. The first-order valence-corrected chi connectivity index (χ1v) is 12.2. The Labute approximate surface area is 189 Å². The normalized spacial score (nSPS) is 16.4. The molecule has 7 nitrogen and oxygen atoms in total. The molecule has 0 aromatic heterocycles. The lowest BCUT2D eigenvalue weighted by Crippen LogP contribution is -2.32. The number of carbonyl (C=O) groups excluding carboxylic acids is 1. The van der Waals surface area contributed by atoms with Gasteiger partial charge in [0.25, 0.3) is 5.91 Å². The van der Waals surface area contributed by atoms with Crippen LogP contribution in [-0.4, -0.2) is 58.5 Å². The molecule has 0 radical (unpaired) electrons. The van der Waals surface area contributed by atoms with Crippen molar-refractivity contribution in [1.29, 1.82) is 0 Å². The summed E-state index contributed by atoms with van der Waals surface area (Å²) in [6, 6.07) is 10.8. The van der Waals surface area contributed by atoms with Gasteiger partial charge in [0.2, 0.25) is 10.0 Å². The van der Waals surface area contributed by atoms with Gasteiger partial charge in [-0.25, -0.2) is 12.8 Å². The van der Waals surface area contributed by atoms with Crippen molar-refractivity contribution in [3.05, 3.63) is 53.8 Å². The lowest BCUT2D eigenvalue weighted by molar-refractivity contribution is 0.0948. The van der Waals surface area contributed by atoms with Gasteiger partial charge in [0.05, 0.1) is 7.11 Å². The van der Waals surface area contributed by atoms with E-state index in [1.54, 1.807) is 32.0 Å². The van der Waals surface area contributed by atoms with Gasteiger partial charge in [-0.3, -0.25) is 4.79 Å². The van der Waals surface area contributed by atoms with Crippen LogP contribution in [0.4, 0.5) is 10.1 Å². The number of carbonyl (C=O) groups is 1. The van der Waals surface area contributed by atoms with Crippen LogP contribution in [0.1, 0.15) is 30.6 Å². The minimum Gasteiger partial charge on any atom is -0.495 e. The molecular formula is C23H30FN3O4S. The van der Waals surface area contributed by atoms with Gasteiger partial charge in [0, 0.05) is 44.0 Å². The molecule has 2 aromatic carbocycles. The maximum absolute atomic E-state index is 13.1. The molecule has 1 amide bonds. The number of benzene rings is 2. The smallest absolute Gasteiger partial charge is 0.251 e. The molecule has 0 bridgehead atoms. The minimum atomic E-state index is -3.78. The number of ether oxygens (including phenoxy) is 1. The van der Waals surface area contributed by atoms with Gasteiger partial charge < -0.3 is 15.0 Å². The Kier molecular flexibility index (Phi) is 7.73. The third kappa shape index (κ3) is 5.21. The summed E-state index contributed by atoms with van der Waals surface area (Å²) in [6.45, 7) is 6.24. The topological polar surface area (TPSA) is 79.0 Å². The molecule has 1 saturated heterocycles. The molecule has 1 N–H and O–H groups in total. The number of rotatable bonds is 9. The molecule has 0 spiro atoms. The van der Waals surface area contributed by atoms with Crippen molar-refractivity contribution in [2.75, 3.05) is 44.7 Å². The Morgan fingerprint density at radius 3 is 2.50 bits per heavy atom. The molecule has 9 heteroatoms. The van der Waals surface area contributed by atoms with E-state index in [9.17, 15) is 17.6 Å². The maximum Gasteiger partial charge on any atom is 0.251 e. The van der Waals surface area contributed by atoms with Gasteiger partial charge in [0.1, 0.15) is 16.5 Å². The molecule has 0 aliphatic carbocycles. The van der Waals surface area contributed by atoms with Crippen LogP contribution < -0.4 is 15.0 Å². The quantitative estimate of drug-likeness (QED) is 0.618. The second-order valence-corrected chi connectivity index (χ2v) is 9.65.